The van der Waals surface area contributed by atoms with Gasteiger partial charge in [0.2, 0.25) is 21.7 Å². The molecule has 0 aliphatic heterocycles. The third-order valence-corrected chi connectivity index (χ3v) is 4.65. The number of pyridine rings is 1. The van der Waals surface area contributed by atoms with Crippen LogP contribution in [-0.4, -0.2) is 29.3 Å². The van der Waals surface area contributed by atoms with E-state index in [1.807, 2.05) is 20.8 Å². The molecule has 2 aromatic rings. The first-order valence-corrected chi connectivity index (χ1v) is 8.82. The topological polar surface area (TPSA) is 98.0 Å². The van der Waals surface area contributed by atoms with Crippen LogP contribution in [0, 0.1) is 5.92 Å². The Morgan fingerprint density at radius 2 is 1.95 bits per heavy atom. The fraction of sp³-hybridized carbons (Fsp3) is 0.500. The summed E-state index contributed by atoms with van der Waals surface area (Å²) in [5, 5.41) is 3.92. The highest BCUT2D eigenvalue weighted by Gasteiger charge is 2.27. The average molecular weight is 324 g/mol. The van der Waals surface area contributed by atoms with Gasteiger partial charge in [-0.1, -0.05) is 25.9 Å². The highest BCUT2D eigenvalue weighted by atomic mass is 32.2. The average Bonchev–Trinajstić information content (AvgIpc) is 2.95. The minimum atomic E-state index is -3.37. The summed E-state index contributed by atoms with van der Waals surface area (Å²) >= 11 is 0. The molecule has 120 valence electrons. The Hall–Kier alpha value is -1.80. The summed E-state index contributed by atoms with van der Waals surface area (Å²) in [5.41, 5.74) is 0.768. The second-order valence-electron chi connectivity index (χ2n) is 5.35. The first-order chi connectivity index (χ1) is 10.4. The lowest BCUT2D eigenvalue weighted by Gasteiger charge is -2.18. The van der Waals surface area contributed by atoms with Crippen LogP contribution in [0.25, 0.3) is 11.4 Å². The molecule has 1 unspecified atom stereocenters. The van der Waals surface area contributed by atoms with E-state index in [0.717, 1.165) is 5.56 Å². The van der Waals surface area contributed by atoms with Crippen molar-refractivity contribution in [1.29, 1.82) is 0 Å². The van der Waals surface area contributed by atoms with E-state index >= 15 is 0 Å². The van der Waals surface area contributed by atoms with Gasteiger partial charge in [0.1, 0.15) is 6.04 Å². The normalized spacial score (nSPS) is 13.5. The molecule has 0 fully saturated rings. The molecule has 2 rings (SSSR count). The van der Waals surface area contributed by atoms with Crippen LogP contribution >= 0.6 is 0 Å². The van der Waals surface area contributed by atoms with E-state index in [4.69, 9.17) is 4.52 Å². The van der Waals surface area contributed by atoms with Crippen molar-refractivity contribution in [2.45, 2.75) is 33.2 Å². The van der Waals surface area contributed by atoms with Crippen molar-refractivity contribution in [2.24, 2.45) is 5.92 Å². The third kappa shape index (κ3) is 4.11. The predicted molar refractivity (Wildman–Crippen MR) is 82.3 cm³/mol. The molecule has 22 heavy (non-hydrogen) atoms. The van der Waals surface area contributed by atoms with Gasteiger partial charge in [-0.25, -0.2) is 13.1 Å². The van der Waals surface area contributed by atoms with Crippen LogP contribution in [0.5, 0.6) is 0 Å². The summed E-state index contributed by atoms with van der Waals surface area (Å²) in [4.78, 5) is 8.25. The van der Waals surface area contributed by atoms with Gasteiger partial charge >= 0.3 is 0 Å². The zero-order chi connectivity index (χ0) is 16.2. The van der Waals surface area contributed by atoms with Gasteiger partial charge < -0.3 is 4.52 Å². The van der Waals surface area contributed by atoms with E-state index in [2.05, 4.69) is 19.8 Å². The molecule has 2 heterocycles. The fourth-order valence-electron chi connectivity index (χ4n) is 1.97. The Balaban J connectivity index is 2.25. The molecule has 0 aliphatic rings. The highest BCUT2D eigenvalue weighted by Crippen LogP contribution is 2.24. The molecule has 8 heteroatoms. The fourth-order valence-corrected chi connectivity index (χ4v) is 3.39. The maximum Gasteiger partial charge on any atom is 0.245 e. The van der Waals surface area contributed by atoms with Crippen molar-refractivity contribution in [3.63, 3.8) is 0 Å². The second kappa shape index (κ2) is 6.97. The van der Waals surface area contributed by atoms with Crippen LogP contribution in [0.15, 0.2) is 29.0 Å². The Kier molecular flexibility index (Phi) is 5.25. The minimum Gasteiger partial charge on any atom is -0.337 e. The lowest BCUT2D eigenvalue weighted by Crippen LogP contribution is -2.33. The number of sulfonamides is 1. The van der Waals surface area contributed by atoms with E-state index in [0.29, 0.717) is 12.2 Å². The molecule has 0 saturated carbocycles. The van der Waals surface area contributed by atoms with Gasteiger partial charge in [-0.3, -0.25) is 4.98 Å². The van der Waals surface area contributed by atoms with Crippen LogP contribution < -0.4 is 4.72 Å². The quantitative estimate of drug-likeness (QED) is 0.838. The van der Waals surface area contributed by atoms with Gasteiger partial charge in [-0.15, -0.1) is 0 Å². The number of aromatic nitrogens is 3. The first-order valence-electron chi connectivity index (χ1n) is 7.17. The summed E-state index contributed by atoms with van der Waals surface area (Å²) in [6.45, 7) is 5.61. The first kappa shape index (κ1) is 16.6. The van der Waals surface area contributed by atoms with Gasteiger partial charge in [0, 0.05) is 18.0 Å². The molecule has 0 saturated heterocycles. The summed E-state index contributed by atoms with van der Waals surface area (Å²) in [5.74, 6) is 0.735. The monoisotopic (exact) mass is 324 g/mol. The molecular weight excluding hydrogens is 304 g/mol. The smallest absolute Gasteiger partial charge is 0.245 e. The maximum atomic E-state index is 12.0. The van der Waals surface area contributed by atoms with E-state index in [1.165, 1.54) is 0 Å². The molecular formula is C14H20N4O3S. The van der Waals surface area contributed by atoms with Gasteiger partial charge in [0.15, 0.2) is 0 Å². The van der Waals surface area contributed by atoms with E-state index in [9.17, 15) is 8.42 Å². The van der Waals surface area contributed by atoms with Crippen molar-refractivity contribution >= 4 is 10.0 Å². The largest absolute Gasteiger partial charge is 0.337 e. The second-order valence-corrected chi connectivity index (χ2v) is 7.22. The predicted octanol–water partition coefficient (Wildman–Crippen LogP) is 2.16. The molecule has 1 N–H and O–H groups in total. The molecule has 0 bridgehead atoms. The zero-order valence-corrected chi connectivity index (χ0v) is 13.7. The lowest BCUT2D eigenvalue weighted by atomic mass is 10.1. The SMILES string of the molecule is CCCS(=O)(=O)NC(c1nc(-c2ccncc2)no1)C(C)C. The summed E-state index contributed by atoms with van der Waals surface area (Å²) in [7, 11) is -3.37. The molecule has 1 atom stereocenters. The van der Waals surface area contributed by atoms with Crippen LogP contribution in [-0.2, 0) is 10.0 Å². The van der Waals surface area contributed by atoms with E-state index in [-0.39, 0.29) is 17.6 Å². The molecule has 0 radical (unpaired) electrons. The van der Waals surface area contributed by atoms with Crippen LogP contribution in [0.4, 0.5) is 0 Å². The van der Waals surface area contributed by atoms with Crippen LogP contribution in [0.3, 0.4) is 0 Å². The van der Waals surface area contributed by atoms with Crippen molar-refractivity contribution in [3.8, 4) is 11.4 Å². The molecule has 0 amide bonds. The Morgan fingerprint density at radius 3 is 2.55 bits per heavy atom. The van der Waals surface area contributed by atoms with Gasteiger partial charge in [0.05, 0.1) is 5.75 Å². The number of nitrogens with zero attached hydrogens (tertiary/aromatic N) is 3. The Morgan fingerprint density at radius 1 is 1.27 bits per heavy atom. The van der Waals surface area contributed by atoms with Crippen LogP contribution in [0.2, 0.25) is 0 Å². The Labute approximate surface area is 130 Å². The number of nitrogens with one attached hydrogen (secondary N) is 1. The minimum absolute atomic E-state index is 0.0163. The maximum absolute atomic E-state index is 12.0. The molecule has 2 aromatic heterocycles. The van der Waals surface area contributed by atoms with Gasteiger partial charge in [0.25, 0.3) is 0 Å². The summed E-state index contributed by atoms with van der Waals surface area (Å²) in [6, 6.07) is 2.99. The summed E-state index contributed by atoms with van der Waals surface area (Å²) in [6.07, 6.45) is 3.82. The molecule has 0 aliphatic carbocycles. The van der Waals surface area contributed by atoms with Crippen LogP contribution in [0.1, 0.15) is 39.1 Å². The van der Waals surface area contributed by atoms with Crippen molar-refractivity contribution in [2.75, 3.05) is 5.75 Å². The number of rotatable bonds is 7. The van der Waals surface area contributed by atoms with Crippen molar-refractivity contribution in [3.05, 3.63) is 30.4 Å². The number of hydrogen-bond acceptors (Lipinski definition) is 6. The standard InChI is InChI=1S/C14H20N4O3S/c1-4-9-22(19,20)18-12(10(2)3)14-16-13(17-21-14)11-5-7-15-8-6-11/h5-8,10,12,18H,4,9H2,1-3H3. The van der Waals surface area contributed by atoms with Crippen molar-refractivity contribution < 1.29 is 12.9 Å². The van der Waals surface area contributed by atoms with Crippen molar-refractivity contribution in [1.82, 2.24) is 19.8 Å². The lowest BCUT2D eigenvalue weighted by molar-refractivity contribution is 0.311. The van der Waals surface area contributed by atoms with Gasteiger partial charge in [-0.05, 0) is 24.5 Å². The van der Waals surface area contributed by atoms with E-state index in [1.54, 1.807) is 24.5 Å². The zero-order valence-electron chi connectivity index (χ0n) is 12.9. The third-order valence-electron chi connectivity index (χ3n) is 3.09. The molecule has 7 nitrogen and oxygen atoms in total. The Bertz CT molecular complexity index is 698. The van der Waals surface area contributed by atoms with E-state index < -0.39 is 16.1 Å². The highest BCUT2D eigenvalue weighted by molar-refractivity contribution is 7.89. The number of hydrogen-bond donors (Lipinski definition) is 1. The molecule has 0 aromatic carbocycles. The summed E-state index contributed by atoms with van der Waals surface area (Å²) < 4.78 is 31.9. The molecule has 0 spiro atoms. The van der Waals surface area contributed by atoms with Gasteiger partial charge in [-0.2, -0.15) is 4.98 Å².